The Kier molecular flexibility index (Phi) is 5.24. The first kappa shape index (κ1) is 19.1. The van der Waals surface area contributed by atoms with E-state index in [-0.39, 0.29) is 17.1 Å². The molecule has 10 heteroatoms. The Morgan fingerprint density at radius 1 is 1.15 bits per heavy atom. The van der Waals surface area contributed by atoms with Gasteiger partial charge in [0.1, 0.15) is 22.9 Å². The van der Waals surface area contributed by atoms with Crippen molar-refractivity contribution in [3.63, 3.8) is 0 Å². The van der Waals surface area contributed by atoms with Crippen LogP contribution in [-0.4, -0.2) is 20.8 Å². The number of sulfonamides is 1. The summed E-state index contributed by atoms with van der Waals surface area (Å²) in [6.07, 6.45) is 1.000. The Hall–Kier alpha value is -1.69. The van der Waals surface area contributed by atoms with Gasteiger partial charge in [-0.05, 0) is 53.6 Å². The summed E-state index contributed by atoms with van der Waals surface area (Å²) >= 11 is 1.82. The predicted molar refractivity (Wildman–Crippen MR) is 101 cm³/mol. The number of rotatable bonds is 6. The van der Waals surface area contributed by atoms with Crippen LogP contribution in [0.25, 0.3) is 0 Å². The summed E-state index contributed by atoms with van der Waals surface area (Å²) in [6.45, 7) is 0. The van der Waals surface area contributed by atoms with E-state index in [2.05, 4.69) is 10.0 Å². The van der Waals surface area contributed by atoms with E-state index in [0.29, 0.717) is 16.4 Å². The molecule has 26 heavy (non-hydrogen) atoms. The molecule has 1 aliphatic rings. The molecule has 2 N–H and O–H groups in total. The van der Waals surface area contributed by atoms with E-state index in [4.69, 9.17) is 4.74 Å². The zero-order chi connectivity index (χ0) is 19.1. The number of halogens is 4. The Balaban J connectivity index is 2.10. The molecule has 0 spiro atoms. The summed E-state index contributed by atoms with van der Waals surface area (Å²) in [5.74, 6) is -3.16. The lowest BCUT2D eigenvalue weighted by atomic mass is 10.2. The maximum absolute atomic E-state index is 14.5. The molecular weight excluding hydrogens is 484 g/mol. The largest absolute Gasteiger partial charge is 0.494 e. The Morgan fingerprint density at radius 3 is 2.42 bits per heavy atom. The minimum atomic E-state index is -3.75. The van der Waals surface area contributed by atoms with Crippen molar-refractivity contribution in [3.05, 3.63) is 45.3 Å². The molecule has 0 radical (unpaired) electrons. The highest BCUT2D eigenvalue weighted by molar-refractivity contribution is 14.1. The predicted octanol–water partition coefficient (Wildman–Crippen LogP) is 4.36. The topological polar surface area (TPSA) is 67.4 Å². The molecule has 3 rings (SSSR count). The molecule has 0 amide bonds. The molecule has 0 saturated heterocycles. The number of anilines is 3. The minimum absolute atomic E-state index is 0.173. The molecule has 2 aromatic carbocycles. The van der Waals surface area contributed by atoms with Crippen molar-refractivity contribution < 1.29 is 26.3 Å². The monoisotopic (exact) mass is 498 g/mol. The fraction of sp³-hybridized carbons (Fsp3) is 0.250. The van der Waals surface area contributed by atoms with Crippen molar-refractivity contribution in [2.75, 3.05) is 17.1 Å². The normalized spacial score (nSPS) is 14.2. The minimum Gasteiger partial charge on any atom is -0.494 e. The standard InChI is InChI=1S/C16H14F3IN2O3S/c1-25-13-7-10(18)14(19)16(15(13)22-26(23,24)9-3-4-9)21-12-5-2-8(17)6-11(12)20/h2,5-7,9,21-22H,3-4H2,1H3. The van der Waals surface area contributed by atoms with Crippen LogP contribution in [0, 0.1) is 21.0 Å². The molecule has 0 aromatic heterocycles. The molecular formula is C16H14F3IN2O3S. The van der Waals surface area contributed by atoms with Crippen molar-refractivity contribution in [1.29, 1.82) is 0 Å². The maximum Gasteiger partial charge on any atom is 0.235 e. The fourth-order valence-corrected chi connectivity index (χ4v) is 4.33. The Labute approximate surface area is 162 Å². The van der Waals surface area contributed by atoms with E-state index in [0.717, 1.165) is 12.1 Å². The smallest absolute Gasteiger partial charge is 0.235 e. The van der Waals surface area contributed by atoms with Gasteiger partial charge in [-0.3, -0.25) is 4.72 Å². The van der Waals surface area contributed by atoms with Gasteiger partial charge in [0.2, 0.25) is 10.0 Å². The zero-order valence-electron chi connectivity index (χ0n) is 13.4. The SMILES string of the molecule is COc1cc(F)c(F)c(Nc2ccc(F)cc2I)c1NS(=O)(=O)C1CC1. The lowest BCUT2D eigenvalue weighted by Crippen LogP contribution is -2.19. The van der Waals surface area contributed by atoms with Gasteiger partial charge in [0.15, 0.2) is 11.6 Å². The molecule has 5 nitrogen and oxygen atoms in total. The van der Waals surface area contributed by atoms with Crippen LogP contribution in [0.3, 0.4) is 0 Å². The van der Waals surface area contributed by atoms with Crippen LogP contribution >= 0.6 is 22.6 Å². The van der Waals surface area contributed by atoms with E-state index >= 15 is 0 Å². The number of ether oxygens (including phenoxy) is 1. The van der Waals surface area contributed by atoms with Crippen molar-refractivity contribution in [2.45, 2.75) is 18.1 Å². The number of methoxy groups -OCH3 is 1. The van der Waals surface area contributed by atoms with Gasteiger partial charge in [-0.2, -0.15) is 0 Å². The average Bonchev–Trinajstić information content (AvgIpc) is 3.41. The van der Waals surface area contributed by atoms with Crippen LogP contribution in [0.5, 0.6) is 5.75 Å². The Morgan fingerprint density at radius 2 is 1.85 bits per heavy atom. The molecule has 1 aliphatic carbocycles. The van der Waals surface area contributed by atoms with Gasteiger partial charge in [-0.1, -0.05) is 0 Å². The van der Waals surface area contributed by atoms with E-state index in [1.54, 1.807) is 0 Å². The Bertz CT molecular complexity index is 966. The first-order valence-corrected chi connectivity index (χ1v) is 10.1. The average molecular weight is 498 g/mol. The van der Waals surface area contributed by atoms with Gasteiger partial charge >= 0.3 is 0 Å². The van der Waals surface area contributed by atoms with Crippen LogP contribution in [-0.2, 0) is 10.0 Å². The molecule has 1 saturated carbocycles. The maximum atomic E-state index is 14.5. The third-order valence-electron chi connectivity index (χ3n) is 3.80. The van der Waals surface area contributed by atoms with Gasteiger partial charge in [-0.25, -0.2) is 21.6 Å². The molecule has 0 bridgehead atoms. The van der Waals surface area contributed by atoms with Gasteiger partial charge in [0, 0.05) is 9.64 Å². The highest BCUT2D eigenvalue weighted by atomic mass is 127. The summed E-state index contributed by atoms with van der Waals surface area (Å²) in [4.78, 5) is 0. The van der Waals surface area contributed by atoms with Crippen LogP contribution < -0.4 is 14.8 Å². The first-order chi connectivity index (χ1) is 12.2. The number of hydrogen-bond donors (Lipinski definition) is 2. The van der Waals surface area contributed by atoms with E-state index in [1.165, 1.54) is 19.2 Å². The van der Waals surface area contributed by atoms with E-state index in [1.807, 2.05) is 22.6 Å². The second-order valence-corrected chi connectivity index (χ2v) is 8.84. The van der Waals surface area contributed by atoms with Crippen LogP contribution in [0.4, 0.5) is 30.2 Å². The number of hydrogen-bond acceptors (Lipinski definition) is 4. The molecule has 0 heterocycles. The highest BCUT2D eigenvalue weighted by Gasteiger charge is 2.37. The molecule has 0 atom stereocenters. The zero-order valence-corrected chi connectivity index (χ0v) is 16.4. The van der Waals surface area contributed by atoms with Gasteiger partial charge in [-0.15, -0.1) is 0 Å². The third-order valence-corrected chi connectivity index (χ3v) is 6.53. The van der Waals surface area contributed by atoms with Crippen LogP contribution in [0.15, 0.2) is 24.3 Å². The summed E-state index contributed by atoms with van der Waals surface area (Å²) in [5.41, 5.74) is -0.389. The summed E-state index contributed by atoms with van der Waals surface area (Å²) in [5, 5.41) is 2.07. The quantitative estimate of drug-likeness (QED) is 0.581. The van der Waals surface area contributed by atoms with Crippen molar-refractivity contribution in [3.8, 4) is 5.75 Å². The summed E-state index contributed by atoms with van der Waals surface area (Å²) in [6, 6.07) is 4.45. The number of benzene rings is 2. The molecule has 2 aromatic rings. The molecule has 0 unspecified atom stereocenters. The second-order valence-electron chi connectivity index (χ2n) is 5.72. The fourth-order valence-electron chi connectivity index (χ4n) is 2.31. The van der Waals surface area contributed by atoms with Gasteiger partial charge in [0.25, 0.3) is 0 Å². The summed E-state index contributed by atoms with van der Waals surface area (Å²) < 4.78 is 73.9. The number of nitrogens with one attached hydrogen (secondary N) is 2. The summed E-state index contributed by atoms with van der Waals surface area (Å²) in [7, 11) is -2.54. The van der Waals surface area contributed by atoms with Gasteiger partial charge < -0.3 is 10.1 Å². The lowest BCUT2D eigenvalue weighted by molar-refractivity contribution is 0.409. The van der Waals surface area contributed by atoms with E-state index in [9.17, 15) is 21.6 Å². The first-order valence-electron chi connectivity index (χ1n) is 7.52. The second kappa shape index (κ2) is 7.14. The van der Waals surface area contributed by atoms with Gasteiger partial charge in [0.05, 0.1) is 18.0 Å². The van der Waals surface area contributed by atoms with Crippen molar-refractivity contribution >= 4 is 49.7 Å². The van der Waals surface area contributed by atoms with Crippen molar-refractivity contribution in [2.24, 2.45) is 0 Å². The molecule has 1 fully saturated rings. The van der Waals surface area contributed by atoms with Crippen molar-refractivity contribution in [1.82, 2.24) is 0 Å². The molecule has 0 aliphatic heterocycles. The third kappa shape index (κ3) is 3.85. The van der Waals surface area contributed by atoms with E-state index < -0.39 is 38.4 Å². The lowest BCUT2D eigenvalue weighted by Gasteiger charge is -2.19. The molecule has 140 valence electrons. The van der Waals surface area contributed by atoms with Crippen LogP contribution in [0.2, 0.25) is 0 Å². The van der Waals surface area contributed by atoms with Crippen LogP contribution in [0.1, 0.15) is 12.8 Å². The highest BCUT2D eigenvalue weighted by Crippen LogP contribution is 2.41.